The van der Waals surface area contributed by atoms with Crippen molar-refractivity contribution in [2.24, 2.45) is 0 Å². The maximum Gasteiger partial charge on any atom is 0.326 e. The van der Waals surface area contributed by atoms with Gasteiger partial charge in [-0.2, -0.15) is 5.10 Å². The molecule has 0 spiro atoms. The van der Waals surface area contributed by atoms with Gasteiger partial charge in [0.2, 0.25) is 0 Å². The first-order valence-corrected chi connectivity index (χ1v) is 3.79. The zero-order valence-corrected chi connectivity index (χ0v) is 6.37. The summed E-state index contributed by atoms with van der Waals surface area (Å²) in [5.74, 6) is -0.0658. The summed E-state index contributed by atoms with van der Waals surface area (Å²) in [6, 6.07) is -0.474. The number of hydrogen-bond donors (Lipinski definition) is 3. The molecule has 0 saturated heterocycles. The molecule has 3 N–H and O–H groups in total. The molecule has 5 heteroatoms. The molecule has 12 heavy (non-hydrogen) atoms. The SMILES string of the molecule is O=C(O)C1CCc2cn[nH]c2N1. The molecule has 64 valence electrons. The number of aromatic amines is 1. The summed E-state index contributed by atoms with van der Waals surface area (Å²) in [6.45, 7) is 0. The minimum Gasteiger partial charge on any atom is -0.480 e. The number of aliphatic carboxylic acids is 1. The molecule has 0 amide bonds. The van der Waals surface area contributed by atoms with Gasteiger partial charge in [0.05, 0.1) is 6.20 Å². The summed E-state index contributed by atoms with van der Waals surface area (Å²) in [7, 11) is 0. The summed E-state index contributed by atoms with van der Waals surface area (Å²) < 4.78 is 0. The van der Waals surface area contributed by atoms with Crippen molar-refractivity contribution < 1.29 is 9.90 Å². The number of aromatic nitrogens is 2. The van der Waals surface area contributed by atoms with Crippen LogP contribution in [0.3, 0.4) is 0 Å². The van der Waals surface area contributed by atoms with Gasteiger partial charge < -0.3 is 10.4 Å². The third-order valence-corrected chi connectivity index (χ3v) is 2.04. The van der Waals surface area contributed by atoms with Crippen molar-refractivity contribution in [3.8, 4) is 0 Å². The summed E-state index contributed by atoms with van der Waals surface area (Å²) in [5, 5.41) is 18.1. The van der Waals surface area contributed by atoms with E-state index in [4.69, 9.17) is 5.11 Å². The zero-order valence-electron chi connectivity index (χ0n) is 6.37. The fourth-order valence-corrected chi connectivity index (χ4v) is 1.36. The number of rotatable bonds is 1. The first-order valence-electron chi connectivity index (χ1n) is 3.79. The highest BCUT2D eigenvalue weighted by atomic mass is 16.4. The predicted molar refractivity (Wildman–Crippen MR) is 42.0 cm³/mol. The molecule has 1 aromatic rings. The fraction of sp³-hybridized carbons (Fsp3) is 0.429. The van der Waals surface area contributed by atoms with Crippen molar-refractivity contribution in [1.29, 1.82) is 0 Å². The lowest BCUT2D eigenvalue weighted by atomic mass is 10.0. The Labute approximate surface area is 68.8 Å². The monoisotopic (exact) mass is 167 g/mol. The summed E-state index contributed by atoms with van der Waals surface area (Å²) >= 11 is 0. The molecule has 0 saturated carbocycles. The van der Waals surface area contributed by atoms with Crippen LogP contribution in [0, 0.1) is 0 Å². The molecule has 5 nitrogen and oxygen atoms in total. The molecule has 0 radical (unpaired) electrons. The lowest BCUT2D eigenvalue weighted by Gasteiger charge is -2.19. The Kier molecular flexibility index (Phi) is 1.49. The molecule has 0 bridgehead atoms. The maximum absolute atomic E-state index is 10.6. The molecule has 0 aromatic carbocycles. The van der Waals surface area contributed by atoms with Gasteiger partial charge in [-0.15, -0.1) is 0 Å². The van der Waals surface area contributed by atoms with E-state index in [0.717, 1.165) is 17.8 Å². The number of H-pyrrole nitrogens is 1. The predicted octanol–water partition coefficient (Wildman–Crippen LogP) is 0.221. The lowest BCUT2D eigenvalue weighted by molar-refractivity contribution is -0.138. The normalized spacial score (nSPS) is 21.2. The number of hydrogen-bond acceptors (Lipinski definition) is 3. The third-order valence-electron chi connectivity index (χ3n) is 2.04. The second-order valence-electron chi connectivity index (χ2n) is 2.84. The Bertz CT molecular complexity index is 307. The molecule has 1 unspecified atom stereocenters. The first kappa shape index (κ1) is 7.15. The fourth-order valence-electron chi connectivity index (χ4n) is 1.36. The van der Waals surface area contributed by atoms with Gasteiger partial charge in [-0.25, -0.2) is 4.79 Å². The van der Waals surface area contributed by atoms with Crippen molar-refractivity contribution in [1.82, 2.24) is 10.2 Å². The standard InChI is InChI=1S/C7H9N3O2/c11-7(12)5-2-1-4-3-8-10-6(4)9-5/h3,5H,1-2H2,(H,11,12)(H2,8,9,10). The summed E-state index contributed by atoms with van der Waals surface area (Å²) in [4.78, 5) is 10.6. The van der Waals surface area contributed by atoms with E-state index in [1.165, 1.54) is 0 Å². The number of carboxylic acid groups (broad SMARTS) is 1. The van der Waals surface area contributed by atoms with Crippen LogP contribution in [0.5, 0.6) is 0 Å². The van der Waals surface area contributed by atoms with E-state index in [9.17, 15) is 4.79 Å². The van der Waals surface area contributed by atoms with Crippen LogP contribution in [0.15, 0.2) is 6.20 Å². The van der Waals surface area contributed by atoms with Gasteiger partial charge in [-0.05, 0) is 12.8 Å². The number of aryl methyl sites for hydroxylation is 1. The van der Waals surface area contributed by atoms with Crippen LogP contribution in [-0.2, 0) is 11.2 Å². The number of anilines is 1. The summed E-state index contributed by atoms with van der Waals surface area (Å²) in [6.07, 6.45) is 3.12. The van der Waals surface area contributed by atoms with Crippen LogP contribution in [0.25, 0.3) is 0 Å². The Morgan fingerprint density at radius 3 is 3.33 bits per heavy atom. The van der Waals surface area contributed by atoms with Crippen LogP contribution in [0.4, 0.5) is 5.82 Å². The Balaban J connectivity index is 2.20. The smallest absolute Gasteiger partial charge is 0.326 e. The van der Waals surface area contributed by atoms with Gasteiger partial charge in [-0.3, -0.25) is 5.10 Å². The van der Waals surface area contributed by atoms with Crippen LogP contribution >= 0.6 is 0 Å². The Morgan fingerprint density at radius 1 is 1.75 bits per heavy atom. The molecule has 0 aliphatic carbocycles. The van der Waals surface area contributed by atoms with E-state index in [1.54, 1.807) is 6.20 Å². The van der Waals surface area contributed by atoms with E-state index in [-0.39, 0.29) is 0 Å². The van der Waals surface area contributed by atoms with Gasteiger partial charge >= 0.3 is 5.97 Å². The molecule has 1 aliphatic heterocycles. The van der Waals surface area contributed by atoms with Crippen molar-refractivity contribution >= 4 is 11.8 Å². The summed E-state index contributed by atoms with van der Waals surface area (Å²) in [5.41, 5.74) is 1.06. The maximum atomic E-state index is 10.6. The van der Waals surface area contributed by atoms with Crippen molar-refractivity contribution in [3.05, 3.63) is 11.8 Å². The highest BCUT2D eigenvalue weighted by Gasteiger charge is 2.23. The van der Waals surface area contributed by atoms with E-state index in [1.807, 2.05) is 0 Å². The number of nitrogens with zero attached hydrogens (tertiary/aromatic N) is 1. The number of carbonyl (C=O) groups is 1. The topological polar surface area (TPSA) is 78.0 Å². The molecule has 1 aliphatic rings. The molecule has 1 aromatic heterocycles. The Hall–Kier alpha value is -1.52. The van der Waals surface area contributed by atoms with Gasteiger partial charge in [0.25, 0.3) is 0 Å². The van der Waals surface area contributed by atoms with E-state index < -0.39 is 12.0 Å². The van der Waals surface area contributed by atoms with Crippen LogP contribution in [0.2, 0.25) is 0 Å². The van der Waals surface area contributed by atoms with Crippen molar-refractivity contribution in [3.63, 3.8) is 0 Å². The van der Waals surface area contributed by atoms with Gasteiger partial charge in [0, 0.05) is 5.56 Å². The highest BCUT2D eigenvalue weighted by Crippen LogP contribution is 2.21. The molecular weight excluding hydrogens is 158 g/mol. The van der Waals surface area contributed by atoms with Crippen LogP contribution in [-0.4, -0.2) is 27.3 Å². The van der Waals surface area contributed by atoms with Crippen molar-refractivity contribution in [2.75, 3.05) is 5.32 Å². The molecule has 2 rings (SSSR count). The third kappa shape index (κ3) is 1.03. The Morgan fingerprint density at radius 2 is 2.58 bits per heavy atom. The second kappa shape index (κ2) is 2.51. The molecule has 0 fully saturated rings. The van der Waals surface area contributed by atoms with E-state index in [0.29, 0.717) is 6.42 Å². The number of fused-ring (bicyclic) bond motifs is 1. The second-order valence-corrected chi connectivity index (χ2v) is 2.84. The molecular formula is C7H9N3O2. The largest absolute Gasteiger partial charge is 0.480 e. The van der Waals surface area contributed by atoms with E-state index >= 15 is 0 Å². The quantitative estimate of drug-likeness (QED) is 0.559. The average molecular weight is 167 g/mol. The molecule has 1 atom stereocenters. The van der Waals surface area contributed by atoms with E-state index in [2.05, 4.69) is 15.5 Å². The van der Waals surface area contributed by atoms with Gasteiger partial charge in [0.15, 0.2) is 0 Å². The van der Waals surface area contributed by atoms with Crippen LogP contribution < -0.4 is 5.32 Å². The highest BCUT2D eigenvalue weighted by molar-refractivity contribution is 5.78. The van der Waals surface area contributed by atoms with Crippen LogP contribution in [0.1, 0.15) is 12.0 Å². The first-order chi connectivity index (χ1) is 5.77. The minimum absolute atomic E-state index is 0.474. The number of nitrogens with one attached hydrogen (secondary N) is 2. The molecule has 2 heterocycles. The minimum atomic E-state index is -0.810. The van der Waals surface area contributed by atoms with Gasteiger partial charge in [-0.1, -0.05) is 0 Å². The number of carboxylic acids is 1. The average Bonchev–Trinajstić information content (AvgIpc) is 2.49. The zero-order chi connectivity index (χ0) is 8.55. The van der Waals surface area contributed by atoms with Crippen molar-refractivity contribution in [2.45, 2.75) is 18.9 Å². The van der Waals surface area contributed by atoms with Gasteiger partial charge in [0.1, 0.15) is 11.9 Å². The lowest BCUT2D eigenvalue weighted by Crippen LogP contribution is -2.32.